The highest BCUT2D eigenvalue weighted by molar-refractivity contribution is 5.94. The molecule has 2 heterocycles. The first kappa shape index (κ1) is 29.7. The van der Waals surface area contributed by atoms with Crippen molar-refractivity contribution in [3.05, 3.63) is 71.7 Å². The van der Waals surface area contributed by atoms with Crippen LogP contribution in [-0.2, 0) is 16.1 Å². The normalized spacial score (nSPS) is 14.6. The second-order valence-corrected chi connectivity index (χ2v) is 9.91. The van der Waals surface area contributed by atoms with E-state index in [1.165, 1.54) is 19.3 Å². The summed E-state index contributed by atoms with van der Waals surface area (Å²) in [6.07, 6.45) is 3.94. The maximum Gasteiger partial charge on any atom is 0.251 e. The van der Waals surface area contributed by atoms with E-state index in [2.05, 4.69) is 25.5 Å². The number of carbonyl (C=O) groups is 2. The van der Waals surface area contributed by atoms with Gasteiger partial charge in [0.2, 0.25) is 0 Å². The van der Waals surface area contributed by atoms with E-state index in [0.717, 1.165) is 60.4 Å². The van der Waals surface area contributed by atoms with Gasteiger partial charge in [-0.05, 0) is 74.0 Å². The van der Waals surface area contributed by atoms with Crippen molar-refractivity contribution in [2.45, 2.75) is 32.7 Å². The molecule has 2 aliphatic rings. The maximum atomic E-state index is 12.6. The molecule has 1 aliphatic heterocycles. The minimum absolute atomic E-state index is 0.111. The molecule has 4 N–H and O–H groups in total. The summed E-state index contributed by atoms with van der Waals surface area (Å²) in [6, 6.07) is 17.3. The van der Waals surface area contributed by atoms with E-state index in [-0.39, 0.29) is 5.91 Å². The molecule has 9 nitrogen and oxygen atoms in total. The van der Waals surface area contributed by atoms with Crippen molar-refractivity contribution in [3.63, 3.8) is 0 Å². The molecule has 5 rings (SSSR count). The molecule has 1 saturated heterocycles. The number of ether oxygens (including phenoxy) is 1. The molecule has 39 heavy (non-hydrogen) atoms. The van der Waals surface area contributed by atoms with Gasteiger partial charge in [0, 0.05) is 44.1 Å². The Balaban J connectivity index is 0.000000467. The van der Waals surface area contributed by atoms with Crippen LogP contribution < -0.4 is 21.3 Å². The molecular weight excluding hydrogens is 492 g/mol. The van der Waals surface area contributed by atoms with Crippen molar-refractivity contribution in [1.29, 1.82) is 0 Å². The molecule has 3 aromatic rings. The van der Waals surface area contributed by atoms with Gasteiger partial charge in [0.15, 0.2) is 0 Å². The molecule has 0 radical (unpaired) electrons. The van der Waals surface area contributed by atoms with Crippen molar-refractivity contribution in [2.75, 3.05) is 51.0 Å². The number of aryl methyl sites for hydroxylation is 1. The maximum absolute atomic E-state index is 12.6. The van der Waals surface area contributed by atoms with Crippen molar-refractivity contribution >= 4 is 24.2 Å². The Morgan fingerprint density at radius 2 is 1.69 bits per heavy atom. The monoisotopic (exact) mass is 532 g/mol. The highest BCUT2D eigenvalue weighted by Gasteiger charge is 2.48. The van der Waals surface area contributed by atoms with Crippen LogP contribution >= 0.6 is 0 Å². The number of methoxy groups -OCH3 is 1. The Bertz CT molecular complexity index is 1190. The number of amides is 1. The second kappa shape index (κ2) is 14.4. The van der Waals surface area contributed by atoms with E-state index in [0.29, 0.717) is 17.5 Å². The van der Waals surface area contributed by atoms with Gasteiger partial charge in [-0.2, -0.15) is 0 Å². The van der Waals surface area contributed by atoms with Crippen LogP contribution in [0.15, 0.2) is 54.6 Å². The Hall–Kier alpha value is -3.82. The lowest BCUT2D eigenvalue weighted by atomic mass is 10.0. The summed E-state index contributed by atoms with van der Waals surface area (Å²) >= 11 is 0. The number of hydrogen-bond acceptors (Lipinski definition) is 8. The Kier molecular flexibility index (Phi) is 11.0. The Labute approximate surface area is 231 Å². The molecular formula is C30H40N6O3. The fraction of sp³-hybridized carbons (Fsp3) is 0.400. The topological polar surface area (TPSA) is 122 Å². The molecule has 1 aromatic heterocycles. The van der Waals surface area contributed by atoms with E-state index in [9.17, 15) is 4.79 Å². The van der Waals surface area contributed by atoms with E-state index in [1.54, 1.807) is 7.11 Å². The summed E-state index contributed by atoms with van der Waals surface area (Å²) in [7, 11) is 3.59. The Morgan fingerprint density at radius 3 is 2.23 bits per heavy atom. The molecule has 1 amide bonds. The van der Waals surface area contributed by atoms with Crippen LogP contribution in [0.3, 0.4) is 0 Å². The van der Waals surface area contributed by atoms with Gasteiger partial charge in [-0.3, -0.25) is 4.79 Å². The fourth-order valence-corrected chi connectivity index (χ4v) is 4.55. The van der Waals surface area contributed by atoms with Crippen molar-refractivity contribution in [3.8, 4) is 11.1 Å². The molecule has 1 aliphatic carbocycles. The first-order valence-electron chi connectivity index (χ1n) is 13.2. The molecule has 1 saturated carbocycles. The number of hydrogen-bond donors (Lipinski definition) is 3. The van der Waals surface area contributed by atoms with Crippen LogP contribution in [-0.4, -0.2) is 63.1 Å². The predicted octanol–water partition coefficient (Wildman–Crippen LogP) is 3.62. The lowest BCUT2D eigenvalue weighted by molar-refractivity contribution is -0.0980. The number of rotatable bonds is 8. The van der Waals surface area contributed by atoms with Crippen LogP contribution in [0.25, 0.3) is 11.1 Å². The summed E-state index contributed by atoms with van der Waals surface area (Å²) in [4.78, 5) is 32.2. The highest BCUT2D eigenvalue weighted by Crippen LogP contribution is 2.53. The largest absolute Gasteiger partial charge is 0.399 e. The number of nitrogens with zero attached hydrogens (tertiary/aromatic N) is 3. The van der Waals surface area contributed by atoms with E-state index in [4.69, 9.17) is 15.3 Å². The number of carbonyl (C=O) groups excluding carboxylic acids is 2. The van der Waals surface area contributed by atoms with Gasteiger partial charge in [-0.15, -0.1) is 0 Å². The zero-order valence-electron chi connectivity index (χ0n) is 23.2. The molecule has 1 spiro atoms. The summed E-state index contributed by atoms with van der Waals surface area (Å²) in [6.45, 7) is 8.19. The first-order chi connectivity index (χ1) is 18.9. The van der Waals surface area contributed by atoms with Gasteiger partial charge in [-0.1, -0.05) is 24.3 Å². The number of anilines is 2. The van der Waals surface area contributed by atoms with Crippen LogP contribution in [0.5, 0.6) is 0 Å². The predicted molar refractivity (Wildman–Crippen MR) is 156 cm³/mol. The van der Waals surface area contributed by atoms with Crippen molar-refractivity contribution in [1.82, 2.24) is 20.6 Å². The summed E-state index contributed by atoms with van der Waals surface area (Å²) in [5.41, 5.74) is 10.6. The third-order valence-corrected chi connectivity index (χ3v) is 6.97. The number of benzene rings is 2. The summed E-state index contributed by atoms with van der Waals surface area (Å²) in [5, 5.41) is 5.93. The fourth-order valence-electron chi connectivity index (χ4n) is 4.55. The first-order valence-corrected chi connectivity index (χ1v) is 13.2. The summed E-state index contributed by atoms with van der Waals surface area (Å²) in [5.74, 6) is 1.61. The molecule has 0 atom stereocenters. The van der Waals surface area contributed by atoms with E-state index < -0.39 is 0 Å². The smallest absolute Gasteiger partial charge is 0.251 e. The Morgan fingerprint density at radius 1 is 1.05 bits per heavy atom. The van der Waals surface area contributed by atoms with Gasteiger partial charge >= 0.3 is 0 Å². The lowest BCUT2D eigenvalue weighted by Gasteiger charge is -2.18. The zero-order valence-corrected chi connectivity index (χ0v) is 23.2. The van der Waals surface area contributed by atoms with Gasteiger partial charge in [0.25, 0.3) is 5.91 Å². The van der Waals surface area contributed by atoms with Gasteiger partial charge < -0.3 is 30.8 Å². The van der Waals surface area contributed by atoms with Gasteiger partial charge in [0.05, 0.1) is 18.8 Å². The number of likely N-dealkylation sites (N-methyl/N-ethyl adjacent to an activating group) is 1. The average molecular weight is 533 g/mol. The second-order valence-electron chi connectivity index (χ2n) is 9.91. The molecule has 0 bridgehead atoms. The van der Waals surface area contributed by atoms with Crippen molar-refractivity contribution in [2.24, 2.45) is 5.41 Å². The molecule has 2 fully saturated rings. The van der Waals surface area contributed by atoms with Gasteiger partial charge in [-0.25, -0.2) is 9.97 Å². The third kappa shape index (κ3) is 8.59. The molecule has 2 aromatic carbocycles. The standard InChI is InChI=1S/C25H27N5O.C4H11NO.CH2O/c1-17-28-22(14-23(29-17)30-13-12-25(16-30)10-11-25)15-27-24(31)20-4-2-18(3-5-20)19-6-8-21(26)9-7-19;1-5-3-4-6-2;1-2/h2-9,14H,10-13,15-16,26H2,1H3,(H,27,31);5H,3-4H2,1-2H3;1H2. The van der Waals surface area contributed by atoms with Crippen LogP contribution in [0.2, 0.25) is 0 Å². The van der Waals surface area contributed by atoms with E-state index in [1.807, 2.05) is 75.4 Å². The molecule has 208 valence electrons. The van der Waals surface area contributed by atoms with Crippen LogP contribution in [0.1, 0.15) is 41.1 Å². The van der Waals surface area contributed by atoms with Gasteiger partial charge in [0.1, 0.15) is 18.4 Å². The number of nitrogen functional groups attached to an aromatic ring is 1. The highest BCUT2D eigenvalue weighted by atomic mass is 16.5. The van der Waals surface area contributed by atoms with Crippen molar-refractivity contribution < 1.29 is 14.3 Å². The minimum atomic E-state index is -0.111. The minimum Gasteiger partial charge on any atom is -0.399 e. The SMILES string of the molecule is C=O.CNCCOC.Cc1nc(CNC(=O)c2ccc(-c3ccc(N)cc3)cc2)cc(N2CCC3(CC3)C2)n1. The molecule has 0 unspecified atom stereocenters. The van der Waals surface area contributed by atoms with E-state index >= 15 is 0 Å². The lowest BCUT2D eigenvalue weighted by Crippen LogP contribution is -2.25. The number of nitrogens with one attached hydrogen (secondary N) is 2. The molecule has 9 heteroatoms. The quantitative estimate of drug-likeness (QED) is 0.297. The average Bonchev–Trinajstić information content (AvgIpc) is 3.60. The summed E-state index contributed by atoms with van der Waals surface area (Å²) < 4.78 is 4.72. The third-order valence-electron chi connectivity index (χ3n) is 6.97. The van der Waals surface area contributed by atoms with Crippen LogP contribution in [0.4, 0.5) is 11.5 Å². The number of nitrogens with two attached hydrogens (primary N) is 1. The zero-order chi connectivity index (χ0) is 28.3. The number of aromatic nitrogens is 2. The van der Waals surface area contributed by atoms with Crippen LogP contribution in [0, 0.1) is 12.3 Å².